The van der Waals surface area contributed by atoms with Crippen LogP contribution in [0, 0.1) is 5.92 Å². The molecule has 0 aliphatic carbocycles. The van der Waals surface area contributed by atoms with E-state index in [-0.39, 0.29) is 23.9 Å². The second-order valence-corrected chi connectivity index (χ2v) is 7.48. The van der Waals surface area contributed by atoms with E-state index in [0.717, 1.165) is 44.5 Å². The third kappa shape index (κ3) is 12.8. The summed E-state index contributed by atoms with van der Waals surface area (Å²) in [7, 11) is 0. The Hall–Kier alpha value is -2.70. The summed E-state index contributed by atoms with van der Waals surface area (Å²) in [4.78, 5) is 21.5. The van der Waals surface area contributed by atoms with Crippen molar-refractivity contribution in [1.82, 2.24) is 10.6 Å². The summed E-state index contributed by atoms with van der Waals surface area (Å²) >= 11 is 0. The van der Waals surface area contributed by atoms with Crippen LogP contribution in [0.4, 0.5) is 26.3 Å². The Morgan fingerprint density at radius 2 is 1.70 bits per heavy atom. The fourth-order valence-corrected chi connectivity index (χ4v) is 2.91. The predicted octanol–water partition coefficient (Wildman–Crippen LogP) is 3.78. The highest BCUT2D eigenvalue weighted by Gasteiger charge is 2.31. The molecule has 2 atom stereocenters. The van der Waals surface area contributed by atoms with Crippen molar-refractivity contribution in [1.29, 1.82) is 0 Å². The molecule has 33 heavy (non-hydrogen) atoms. The number of amides is 1. The number of alkyl halides is 6. The summed E-state index contributed by atoms with van der Waals surface area (Å²) in [5, 5.41) is 13.2. The van der Waals surface area contributed by atoms with Crippen molar-refractivity contribution < 1.29 is 50.5 Å². The molecule has 2 unspecified atom stereocenters. The molecule has 1 saturated heterocycles. The van der Waals surface area contributed by atoms with Gasteiger partial charge in [0.15, 0.2) is 13.2 Å². The Morgan fingerprint density at radius 3 is 2.24 bits per heavy atom. The number of piperidine rings is 1. The second-order valence-electron chi connectivity index (χ2n) is 7.48. The van der Waals surface area contributed by atoms with Crippen molar-refractivity contribution >= 4 is 11.9 Å². The van der Waals surface area contributed by atoms with Crippen LogP contribution in [0.3, 0.4) is 0 Å². The standard InChI is InChI=1S/C18H22F6N2O3.C2H4O2/c1-11-4-5-25-12(6-11)8-26-16(27)14-7-13(28-9-17(19,20)21)2-3-15(14)29-10-18(22,23)24;1-2(3)4/h2-3,7,11-12,25H,4-6,8-10H2,1H3,(H,26,27);1H3,(H,3,4). The molecule has 1 aromatic rings. The van der Waals surface area contributed by atoms with Gasteiger partial charge in [0.2, 0.25) is 0 Å². The van der Waals surface area contributed by atoms with Gasteiger partial charge in [-0.25, -0.2) is 0 Å². The summed E-state index contributed by atoms with van der Waals surface area (Å²) < 4.78 is 83.6. The van der Waals surface area contributed by atoms with Gasteiger partial charge in [0, 0.05) is 19.5 Å². The van der Waals surface area contributed by atoms with E-state index < -0.39 is 43.2 Å². The molecule has 188 valence electrons. The zero-order valence-corrected chi connectivity index (χ0v) is 18.0. The Labute approximate surface area is 186 Å². The van der Waals surface area contributed by atoms with Crippen molar-refractivity contribution in [2.75, 3.05) is 26.3 Å². The highest BCUT2D eigenvalue weighted by atomic mass is 19.4. The van der Waals surface area contributed by atoms with Gasteiger partial charge in [-0.3, -0.25) is 9.59 Å². The maximum atomic E-state index is 12.5. The third-order valence-electron chi connectivity index (χ3n) is 4.26. The van der Waals surface area contributed by atoms with E-state index in [0.29, 0.717) is 5.92 Å². The number of ether oxygens (including phenoxy) is 2. The molecular formula is C20H26F6N2O5. The zero-order chi connectivity index (χ0) is 25.2. The summed E-state index contributed by atoms with van der Waals surface area (Å²) in [6, 6.07) is 2.92. The topological polar surface area (TPSA) is 96.9 Å². The first-order chi connectivity index (χ1) is 15.2. The van der Waals surface area contributed by atoms with Crippen LogP contribution in [-0.2, 0) is 4.79 Å². The van der Waals surface area contributed by atoms with Gasteiger partial charge in [0.25, 0.3) is 11.9 Å². The lowest BCUT2D eigenvalue weighted by atomic mass is 9.94. The average Bonchev–Trinajstić information content (AvgIpc) is 2.67. The lowest BCUT2D eigenvalue weighted by Crippen LogP contribution is -2.45. The molecule has 0 bridgehead atoms. The molecule has 2 rings (SSSR count). The first-order valence-corrected chi connectivity index (χ1v) is 9.90. The van der Waals surface area contributed by atoms with Crippen molar-refractivity contribution in [3.05, 3.63) is 23.8 Å². The predicted molar refractivity (Wildman–Crippen MR) is 105 cm³/mol. The van der Waals surface area contributed by atoms with Crippen molar-refractivity contribution in [2.24, 2.45) is 5.92 Å². The largest absolute Gasteiger partial charge is 0.484 e. The van der Waals surface area contributed by atoms with E-state index in [1.54, 1.807) is 0 Å². The number of aliphatic carboxylic acids is 1. The molecular weight excluding hydrogens is 462 g/mol. The number of carbonyl (C=O) groups is 2. The molecule has 1 heterocycles. The first kappa shape index (κ1) is 28.3. The summed E-state index contributed by atoms with van der Waals surface area (Å²) in [6.07, 6.45) is -7.43. The Bertz CT molecular complexity index is 781. The summed E-state index contributed by atoms with van der Waals surface area (Å²) in [5.41, 5.74) is -0.335. The Morgan fingerprint density at radius 1 is 1.12 bits per heavy atom. The molecule has 1 aliphatic heterocycles. The number of halogens is 6. The number of benzene rings is 1. The highest BCUT2D eigenvalue weighted by Crippen LogP contribution is 2.28. The van der Waals surface area contributed by atoms with Gasteiger partial charge >= 0.3 is 12.4 Å². The van der Waals surface area contributed by atoms with Gasteiger partial charge in [0.1, 0.15) is 11.5 Å². The molecule has 1 fully saturated rings. The van der Waals surface area contributed by atoms with Crippen LogP contribution in [0.5, 0.6) is 11.5 Å². The van der Waals surface area contributed by atoms with E-state index >= 15 is 0 Å². The van der Waals surface area contributed by atoms with E-state index in [9.17, 15) is 31.1 Å². The van der Waals surface area contributed by atoms with Crippen LogP contribution < -0.4 is 20.1 Å². The fraction of sp³-hybridized carbons (Fsp3) is 0.600. The lowest BCUT2D eigenvalue weighted by Gasteiger charge is -2.28. The molecule has 0 aromatic heterocycles. The molecule has 0 radical (unpaired) electrons. The van der Waals surface area contributed by atoms with Crippen LogP contribution >= 0.6 is 0 Å². The maximum absolute atomic E-state index is 12.5. The number of carboxylic acids is 1. The smallest absolute Gasteiger partial charge is 0.422 e. The third-order valence-corrected chi connectivity index (χ3v) is 4.26. The van der Waals surface area contributed by atoms with Crippen molar-refractivity contribution in [3.63, 3.8) is 0 Å². The Balaban J connectivity index is 0.00000125. The number of rotatable bonds is 7. The van der Waals surface area contributed by atoms with E-state index in [1.165, 1.54) is 0 Å². The molecule has 7 nitrogen and oxygen atoms in total. The molecule has 1 amide bonds. The number of hydrogen-bond acceptors (Lipinski definition) is 5. The van der Waals surface area contributed by atoms with E-state index in [4.69, 9.17) is 9.90 Å². The normalized spacial score (nSPS) is 18.5. The van der Waals surface area contributed by atoms with Crippen molar-refractivity contribution in [3.8, 4) is 11.5 Å². The van der Waals surface area contributed by atoms with Gasteiger partial charge < -0.3 is 25.2 Å². The van der Waals surface area contributed by atoms with Crippen LogP contribution in [0.2, 0.25) is 0 Å². The summed E-state index contributed by atoms with van der Waals surface area (Å²) in [6.45, 7) is 0.913. The first-order valence-electron chi connectivity index (χ1n) is 9.90. The molecule has 0 saturated carbocycles. The van der Waals surface area contributed by atoms with Gasteiger partial charge in [-0.15, -0.1) is 0 Å². The van der Waals surface area contributed by atoms with Gasteiger partial charge in [-0.05, 0) is 43.5 Å². The van der Waals surface area contributed by atoms with Crippen LogP contribution in [-0.4, -0.2) is 61.7 Å². The van der Waals surface area contributed by atoms with Crippen molar-refractivity contribution in [2.45, 2.75) is 45.1 Å². The number of nitrogens with one attached hydrogen (secondary N) is 2. The minimum absolute atomic E-state index is 0.00749. The molecule has 3 N–H and O–H groups in total. The maximum Gasteiger partial charge on any atom is 0.422 e. The number of carbonyl (C=O) groups excluding carboxylic acids is 1. The van der Waals surface area contributed by atoms with Crippen LogP contribution in [0.1, 0.15) is 37.0 Å². The highest BCUT2D eigenvalue weighted by molar-refractivity contribution is 5.97. The minimum atomic E-state index is -4.64. The monoisotopic (exact) mass is 488 g/mol. The quantitative estimate of drug-likeness (QED) is 0.506. The minimum Gasteiger partial charge on any atom is -0.484 e. The van der Waals surface area contributed by atoms with E-state index in [2.05, 4.69) is 27.0 Å². The zero-order valence-electron chi connectivity index (χ0n) is 18.0. The van der Waals surface area contributed by atoms with E-state index in [1.807, 2.05) is 0 Å². The fourth-order valence-electron chi connectivity index (χ4n) is 2.91. The number of carboxylic acid groups (broad SMARTS) is 1. The van der Waals surface area contributed by atoms with Crippen LogP contribution in [0.25, 0.3) is 0 Å². The SMILES string of the molecule is CC(=O)O.CC1CCNC(CNC(=O)c2cc(OCC(F)(F)F)ccc2OCC(F)(F)F)C1. The Kier molecular flexibility index (Phi) is 10.7. The molecule has 1 aromatic carbocycles. The second kappa shape index (κ2) is 12.5. The molecule has 0 spiro atoms. The van der Waals surface area contributed by atoms with Gasteiger partial charge in [-0.2, -0.15) is 26.3 Å². The van der Waals surface area contributed by atoms with Gasteiger partial charge in [-0.1, -0.05) is 6.92 Å². The lowest BCUT2D eigenvalue weighted by molar-refractivity contribution is -0.154. The average molecular weight is 488 g/mol. The molecule has 1 aliphatic rings. The number of hydrogen-bond donors (Lipinski definition) is 3. The molecule has 13 heteroatoms. The van der Waals surface area contributed by atoms with Crippen LogP contribution in [0.15, 0.2) is 18.2 Å². The summed E-state index contributed by atoms with van der Waals surface area (Å²) in [5.74, 6) is -1.84. The van der Waals surface area contributed by atoms with Gasteiger partial charge in [0.05, 0.1) is 5.56 Å².